The highest BCUT2D eigenvalue weighted by Crippen LogP contribution is 2.11. The normalized spacial score (nSPS) is 17.5. The van der Waals surface area contributed by atoms with E-state index >= 15 is 0 Å². The average Bonchev–Trinajstić information content (AvgIpc) is 2.37. The fraction of sp³-hybridized carbons (Fsp3) is 0.538. The van der Waals surface area contributed by atoms with E-state index in [2.05, 4.69) is 40.5 Å². The molecule has 1 saturated heterocycles. The van der Waals surface area contributed by atoms with E-state index in [9.17, 15) is 0 Å². The zero-order valence-electron chi connectivity index (χ0n) is 9.69. The number of nitrogens with one attached hydrogen (secondary N) is 1. The number of hydrogen-bond donors (Lipinski definition) is 1. The van der Waals surface area contributed by atoms with Crippen LogP contribution in [0.1, 0.15) is 5.56 Å². The quantitative estimate of drug-likeness (QED) is 0.785. The van der Waals surface area contributed by atoms with Crippen LogP contribution in [0.4, 0.5) is 0 Å². The van der Waals surface area contributed by atoms with Gasteiger partial charge in [0.1, 0.15) is 0 Å². The monoisotopic (exact) mass is 236 g/mol. The second-order valence-corrected chi connectivity index (χ2v) is 5.23. The number of nitrogens with zero attached hydrogens (tertiary/aromatic N) is 1. The van der Waals surface area contributed by atoms with E-state index in [0.717, 1.165) is 18.8 Å². The molecule has 0 aliphatic carbocycles. The van der Waals surface area contributed by atoms with Crippen LogP contribution in [0, 0.1) is 0 Å². The summed E-state index contributed by atoms with van der Waals surface area (Å²) >= 11 is 2.04. The molecule has 1 aliphatic rings. The third-order valence-corrected chi connectivity index (χ3v) is 3.88. The van der Waals surface area contributed by atoms with Gasteiger partial charge in [0.25, 0.3) is 0 Å². The zero-order chi connectivity index (χ0) is 11.1. The average molecular weight is 236 g/mol. The lowest BCUT2D eigenvalue weighted by Gasteiger charge is -2.26. The second-order valence-electron chi connectivity index (χ2n) is 4.13. The molecule has 0 spiro atoms. The Labute approximate surface area is 102 Å². The van der Waals surface area contributed by atoms with Gasteiger partial charge in [-0.2, -0.15) is 11.8 Å². The molecule has 2 rings (SSSR count). The molecule has 0 amide bonds. The second kappa shape index (κ2) is 6.94. The molecule has 2 nitrogen and oxygen atoms in total. The lowest BCUT2D eigenvalue weighted by atomic mass is 10.2. The smallest absolute Gasteiger partial charge is 0.0185 e. The molecule has 0 bridgehead atoms. The number of hydrogen-bond acceptors (Lipinski definition) is 3. The number of thioether (sulfide) groups is 1. The molecule has 0 saturated carbocycles. The zero-order valence-corrected chi connectivity index (χ0v) is 10.5. The fourth-order valence-corrected chi connectivity index (χ4v) is 2.85. The maximum Gasteiger partial charge on any atom is 0.0185 e. The molecule has 88 valence electrons. The number of rotatable bonds is 5. The van der Waals surface area contributed by atoms with E-state index in [4.69, 9.17) is 0 Å². The molecule has 1 heterocycles. The highest BCUT2D eigenvalue weighted by molar-refractivity contribution is 7.98. The number of piperazine rings is 1. The molecule has 1 N–H and O–H groups in total. The van der Waals surface area contributed by atoms with Crippen molar-refractivity contribution < 1.29 is 0 Å². The van der Waals surface area contributed by atoms with Crippen molar-refractivity contribution in [2.75, 3.05) is 38.5 Å². The third-order valence-electron chi connectivity index (χ3n) is 2.87. The minimum absolute atomic E-state index is 1.15. The van der Waals surface area contributed by atoms with E-state index in [0.29, 0.717) is 0 Å². The van der Waals surface area contributed by atoms with Crippen LogP contribution in [0.25, 0.3) is 0 Å². The van der Waals surface area contributed by atoms with Crippen LogP contribution in [0.3, 0.4) is 0 Å². The van der Waals surface area contributed by atoms with Crippen molar-refractivity contribution in [1.82, 2.24) is 10.2 Å². The van der Waals surface area contributed by atoms with Gasteiger partial charge in [0.2, 0.25) is 0 Å². The van der Waals surface area contributed by atoms with Crippen molar-refractivity contribution in [3.63, 3.8) is 0 Å². The SMILES string of the molecule is c1ccc(CSCCN2CCNCC2)cc1. The van der Waals surface area contributed by atoms with Gasteiger partial charge in [-0.05, 0) is 5.56 Å². The summed E-state index contributed by atoms with van der Waals surface area (Å²) in [7, 11) is 0. The molecular weight excluding hydrogens is 216 g/mol. The summed E-state index contributed by atoms with van der Waals surface area (Å²) in [5.74, 6) is 2.39. The summed E-state index contributed by atoms with van der Waals surface area (Å²) < 4.78 is 0. The minimum atomic E-state index is 1.15. The van der Waals surface area contributed by atoms with Crippen LogP contribution in [0.2, 0.25) is 0 Å². The van der Waals surface area contributed by atoms with Gasteiger partial charge in [-0.25, -0.2) is 0 Å². The summed E-state index contributed by atoms with van der Waals surface area (Å²) in [5, 5.41) is 3.38. The first-order valence-corrected chi connectivity index (χ1v) is 7.15. The first-order valence-electron chi connectivity index (χ1n) is 6.00. The summed E-state index contributed by atoms with van der Waals surface area (Å²) in [6.45, 7) is 5.98. The van der Waals surface area contributed by atoms with Crippen LogP contribution < -0.4 is 5.32 Å². The fourth-order valence-electron chi connectivity index (χ4n) is 1.89. The van der Waals surface area contributed by atoms with Crippen LogP contribution in [-0.4, -0.2) is 43.4 Å². The lowest BCUT2D eigenvalue weighted by Crippen LogP contribution is -2.44. The van der Waals surface area contributed by atoms with E-state index < -0.39 is 0 Å². The van der Waals surface area contributed by atoms with Crippen LogP contribution in [-0.2, 0) is 5.75 Å². The largest absolute Gasteiger partial charge is 0.314 e. The Kier molecular flexibility index (Phi) is 5.19. The Morgan fingerprint density at radius 3 is 2.62 bits per heavy atom. The van der Waals surface area contributed by atoms with Crippen molar-refractivity contribution >= 4 is 11.8 Å². The Morgan fingerprint density at radius 2 is 1.88 bits per heavy atom. The molecule has 3 heteroatoms. The molecule has 0 radical (unpaired) electrons. The van der Waals surface area contributed by atoms with Crippen molar-refractivity contribution in [2.45, 2.75) is 5.75 Å². The Balaban J connectivity index is 1.58. The first-order chi connectivity index (χ1) is 7.95. The van der Waals surface area contributed by atoms with Crippen LogP contribution >= 0.6 is 11.8 Å². The van der Waals surface area contributed by atoms with Crippen LogP contribution in [0.5, 0.6) is 0 Å². The molecular formula is C13H20N2S. The van der Waals surface area contributed by atoms with Gasteiger partial charge in [0, 0.05) is 44.2 Å². The van der Waals surface area contributed by atoms with Crippen molar-refractivity contribution in [1.29, 1.82) is 0 Å². The minimum Gasteiger partial charge on any atom is -0.314 e. The molecule has 1 aliphatic heterocycles. The van der Waals surface area contributed by atoms with Gasteiger partial charge < -0.3 is 5.32 Å². The summed E-state index contributed by atoms with van der Waals surface area (Å²) in [6, 6.07) is 10.7. The summed E-state index contributed by atoms with van der Waals surface area (Å²) in [4.78, 5) is 2.55. The van der Waals surface area contributed by atoms with E-state index in [-0.39, 0.29) is 0 Å². The van der Waals surface area contributed by atoms with Crippen molar-refractivity contribution in [3.05, 3.63) is 35.9 Å². The van der Waals surface area contributed by atoms with Gasteiger partial charge in [-0.15, -0.1) is 0 Å². The topological polar surface area (TPSA) is 15.3 Å². The van der Waals surface area contributed by atoms with E-state index in [1.165, 1.54) is 31.0 Å². The Morgan fingerprint density at radius 1 is 1.12 bits per heavy atom. The van der Waals surface area contributed by atoms with Gasteiger partial charge in [0.15, 0.2) is 0 Å². The molecule has 0 atom stereocenters. The highest BCUT2D eigenvalue weighted by atomic mass is 32.2. The predicted octanol–water partition coefficient (Wildman–Crippen LogP) is 1.82. The molecule has 1 fully saturated rings. The third kappa shape index (κ3) is 4.16. The van der Waals surface area contributed by atoms with Gasteiger partial charge in [-0.1, -0.05) is 30.3 Å². The lowest BCUT2D eigenvalue weighted by molar-refractivity contribution is 0.255. The van der Waals surface area contributed by atoms with Crippen molar-refractivity contribution in [2.24, 2.45) is 0 Å². The molecule has 0 aromatic heterocycles. The first kappa shape index (κ1) is 12.0. The molecule has 0 unspecified atom stereocenters. The van der Waals surface area contributed by atoms with Gasteiger partial charge in [-0.3, -0.25) is 4.90 Å². The summed E-state index contributed by atoms with van der Waals surface area (Å²) in [6.07, 6.45) is 0. The standard InChI is InChI=1S/C13H20N2S/c1-2-4-13(5-3-1)12-16-11-10-15-8-6-14-7-9-15/h1-5,14H,6-12H2. The predicted molar refractivity (Wildman–Crippen MR) is 71.9 cm³/mol. The van der Waals surface area contributed by atoms with Crippen LogP contribution in [0.15, 0.2) is 30.3 Å². The molecule has 16 heavy (non-hydrogen) atoms. The summed E-state index contributed by atoms with van der Waals surface area (Å²) in [5.41, 5.74) is 1.44. The van der Waals surface area contributed by atoms with Gasteiger partial charge >= 0.3 is 0 Å². The van der Waals surface area contributed by atoms with Crippen molar-refractivity contribution in [3.8, 4) is 0 Å². The molecule has 1 aromatic rings. The number of benzene rings is 1. The van der Waals surface area contributed by atoms with E-state index in [1.807, 2.05) is 11.8 Å². The maximum atomic E-state index is 3.38. The maximum absolute atomic E-state index is 3.38. The van der Waals surface area contributed by atoms with Gasteiger partial charge in [0.05, 0.1) is 0 Å². The Hall–Kier alpha value is -0.510. The Bertz CT molecular complexity index is 283. The molecule has 1 aromatic carbocycles. The van der Waals surface area contributed by atoms with E-state index in [1.54, 1.807) is 0 Å². The highest BCUT2D eigenvalue weighted by Gasteiger charge is 2.08.